The first-order chi connectivity index (χ1) is 11.4. The minimum Gasteiger partial charge on any atom is -0.480 e. The van der Waals surface area contributed by atoms with Crippen LogP contribution < -0.4 is 5.73 Å². The van der Waals surface area contributed by atoms with Gasteiger partial charge in [-0.1, -0.05) is 37.3 Å². The Morgan fingerprint density at radius 2 is 1.88 bits per heavy atom. The van der Waals surface area contributed by atoms with Gasteiger partial charge in [0, 0.05) is 11.6 Å². The Morgan fingerprint density at radius 3 is 2.42 bits per heavy atom. The molecule has 0 heterocycles. The number of aryl methyl sites for hydroxylation is 1. The zero-order chi connectivity index (χ0) is 17.7. The molecule has 0 aliphatic heterocycles. The summed E-state index contributed by atoms with van der Waals surface area (Å²) in [6.45, 7) is 2.03. The first-order valence-corrected chi connectivity index (χ1v) is 7.65. The largest absolute Gasteiger partial charge is 0.480 e. The van der Waals surface area contributed by atoms with Crippen molar-refractivity contribution in [2.45, 2.75) is 25.8 Å². The zero-order valence-electron chi connectivity index (χ0n) is 13.3. The SMILES string of the molecule is CCc1ccc(/C(=C\CC(N)C(=O)O)c2ccc(F)cc2F)cc1. The van der Waals surface area contributed by atoms with E-state index >= 15 is 0 Å². The first kappa shape index (κ1) is 17.8. The molecular formula is C19H19F2NO2. The van der Waals surface area contributed by atoms with Crippen molar-refractivity contribution in [2.24, 2.45) is 5.73 Å². The standard InChI is InChI=1S/C19H19F2NO2/c1-2-12-3-5-13(6-4-12)15(9-10-18(22)19(23)24)16-8-7-14(20)11-17(16)21/h3-9,11,18H,2,10,22H2,1H3,(H,23,24)/b15-9+. The summed E-state index contributed by atoms with van der Waals surface area (Å²) in [5.41, 5.74) is 8.07. The number of carbonyl (C=O) groups is 1. The molecule has 0 aromatic heterocycles. The molecule has 0 bridgehead atoms. The molecule has 0 aliphatic rings. The van der Waals surface area contributed by atoms with Crippen LogP contribution in [0.15, 0.2) is 48.5 Å². The lowest BCUT2D eigenvalue weighted by atomic mass is 9.94. The monoisotopic (exact) mass is 331 g/mol. The van der Waals surface area contributed by atoms with Crippen LogP contribution in [0, 0.1) is 11.6 Å². The second-order valence-corrected chi connectivity index (χ2v) is 5.47. The van der Waals surface area contributed by atoms with Gasteiger partial charge in [-0.3, -0.25) is 4.79 Å². The lowest BCUT2D eigenvalue weighted by Crippen LogP contribution is -2.29. The normalized spacial score (nSPS) is 12.9. The highest BCUT2D eigenvalue weighted by Crippen LogP contribution is 2.27. The Balaban J connectivity index is 2.47. The van der Waals surface area contributed by atoms with Gasteiger partial charge in [-0.05, 0) is 41.7 Å². The number of nitrogens with two attached hydrogens (primary N) is 1. The summed E-state index contributed by atoms with van der Waals surface area (Å²) in [7, 11) is 0. The summed E-state index contributed by atoms with van der Waals surface area (Å²) in [6.07, 6.45) is 2.49. The minimum atomic E-state index is -1.13. The number of benzene rings is 2. The number of hydrogen-bond acceptors (Lipinski definition) is 2. The van der Waals surface area contributed by atoms with Gasteiger partial charge >= 0.3 is 5.97 Å². The van der Waals surface area contributed by atoms with E-state index in [1.54, 1.807) is 6.08 Å². The maximum Gasteiger partial charge on any atom is 0.320 e. The molecule has 5 heteroatoms. The number of carboxylic acids is 1. The van der Waals surface area contributed by atoms with Crippen molar-refractivity contribution in [2.75, 3.05) is 0 Å². The number of carboxylic acid groups (broad SMARTS) is 1. The van der Waals surface area contributed by atoms with E-state index in [2.05, 4.69) is 0 Å². The van der Waals surface area contributed by atoms with Gasteiger partial charge in [-0.15, -0.1) is 0 Å². The minimum absolute atomic E-state index is 0.0387. The summed E-state index contributed by atoms with van der Waals surface area (Å²) in [5, 5.41) is 8.92. The fourth-order valence-corrected chi connectivity index (χ4v) is 2.36. The average Bonchev–Trinajstić information content (AvgIpc) is 2.56. The molecule has 1 atom stereocenters. The molecule has 0 spiro atoms. The zero-order valence-corrected chi connectivity index (χ0v) is 13.3. The van der Waals surface area contributed by atoms with Crippen molar-refractivity contribution in [3.63, 3.8) is 0 Å². The van der Waals surface area contributed by atoms with Gasteiger partial charge in [0.1, 0.15) is 17.7 Å². The number of aliphatic carboxylic acids is 1. The fourth-order valence-electron chi connectivity index (χ4n) is 2.36. The van der Waals surface area contributed by atoms with Crippen molar-refractivity contribution in [1.82, 2.24) is 0 Å². The third-order valence-corrected chi connectivity index (χ3v) is 3.79. The molecule has 1 unspecified atom stereocenters. The molecule has 126 valence electrons. The van der Waals surface area contributed by atoms with Crippen LogP contribution in [0.3, 0.4) is 0 Å². The Labute approximate surface area is 139 Å². The van der Waals surface area contributed by atoms with E-state index in [-0.39, 0.29) is 12.0 Å². The highest BCUT2D eigenvalue weighted by atomic mass is 19.1. The van der Waals surface area contributed by atoms with Gasteiger partial charge in [0.2, 0.25) is 0 Å². The first-order valence-electron chi connectivity index (χ1n) is 7.65. The van der Waals surface area contributed by atoms with Crippen LogP contribution in [0.1, 0.15) is 30.0 Å². The van der Waals surface area contributed by atoms with Gasteiger partial charge in [-0.2, -0.15) is 0 Å². The van der Waals surface area contributed by atoms with Crippen molar-refractivity contribution in [3.8, 4) is 0 Å². The molecule has 2 rings (SSSR count). The van der Waals surface area contributed by atoms with E-state index in [1.165, 1.54) is 12.1 Å². The van der Waals surface area contributed by atoms with E-state index < -0.39 is 23.6 Å². The van der Waals surface area contributed by atoms with Crippen LogP contribution in [0.25, 0.3) is 5.57 Å². The van der Waals surface area contributed by atoms with E-state index in [1.807, 2.05) is 31.2 Å². The average molecular weight is 331 g/mol. The van der Waals surface area contributed by atoms with E-state index in [4.69, 9.17) is 10.8 Å². The maximum atomic E-state index is 14.2. The van der Waals surface area contributed by atoms with E-state index in [9.17, 15) is 13.6 Å². The second kappa shape index (κ2) is 7.84. The molecule has 0 aliphatic carbocycles. The highest BCUT2D eigenvalue weighted by molar-refractivity contribution is 5.81. The van der Waals surface area contributed by atoms with Crippen LogP contribution in [0.2, 0.25) is 0 Å². The quantitative estimate of drug-likeness (QED) is 0.847. The van der Waals surface area contributed by atoms with Crippen LogP contribution in [0.4, 0.5) is 8.78 Å². The summed E-state index contributed by atoms with van der Waals surface area (Å²) >= 11 is 0. The summed E-state index contributed by atoms with van der Waals surface area (Å²) < 4.78 is 27.4. The van der Waals surface area contributed by atoms with Crippen LogP contribution >= 0.6 is 0 Å². The molecule has 0 amide bonds. The second-order valence-electron chi connectivity index (χ2n) is 5.47. The van der Waals surface area contributed by atoms with Crippen molar-refractivity contribution >= 4 is 11.5 Å². The van der Waals surface area contributed by atoms with Crippen LogP contribution in [-0.2, 0) is 11.2 Å². The molecule has 3 nitrogen and oxygen atoms in total. The third kappa shape index (κ3) is 4.26. The Hall–Kier alpha value is -2.53. The predicted octanol–water partition coefficient (Wildman–Crippen LogP) is 3.76. The Bertz CT molecular complexity index is 754. The number of rotatable bonds is 6. The molecule has 2 aromatic carbocycles. The summed E-state index contributed by atoms with van der Waals surface area (Å²) in [6, 6.07) is 9.74. The lowest BCUT2D eigenvalue weighted by Gasteiger charge is -2.12. The third-order valence-electron chi connectivity index (χ3n) is 3.79. The number of halogens is 2. The van der Waals surface area contributed by atoms with Crippen molar-refractivity contribution in [3.05, 3.63) is 76.9 Å². The van der Waals surface area contributed by atoms with Gasteiger partial charge in [0.25, 0.3) is 0 Å². The van der Waals surface area contributed by atoms with Gasteiger partial charge in [-0.25, -0.2) is 8.78 Å². The van der Waals surface area contributed by atoms with E-state index in [0.717, 1.165) is 23.6 Å². The molecular weight excluding hydrogens is 312 g/mol. The Kier molecular flexibility index (Phi) is 5.82. The molecule has 0 saturated heterocycles. The highest BCUT2D eigenvalue weighted by Gasteiger charge is 2.14. The topological polar surface area (TPSA) is 63.3 Å². The maximum absolute atomic E-state index is 14.2. The van der Waals surface area contributed by atoms with Crippen molar-refractivity contribution in [1.29, 1.82) is 0 Å². The van der Waals surface area contributed by atoms with Crippen LogP contribution in [0.5, 0.6) is 0 Å². The smallest absolute Gasteiger partial charge is 0.320 e. The molecule has 0 radical (unpaired) electrons. The summed E-state index contributed by atoms with van der Waals surface area (Å²) in [5.74, 6) is -2.50. The fraction of sp³-hybridized carbons (Fsp3) is 0.211. The molecule has 3 N–H and O–H groups in total. The predicted molar refractivity (Wildman–Crippen MR) is 89.5 cm³/mol. The number of hydrogen-bond donors (Lipinski definition) is 2. The van der Waals surface area contributed by atoms with Crippen LogP contribution in [-0.4, -0.2) is 17.1 Å². The molecule has 24 heavy (non-hydrogen) atoms. The molecule has 0 saturated carbocycles. The lowest BCUT2D eigenvalue weighted by molar-refractivity contribution is -0.138. The van der Waals surface area contributed by atoms with Gasteiger partial charge in [0.15, 0.2) is 0 Å². The van der Waals surface area contributed by atoms with E-state index in [0.29, 0.717) is 5.57 Å². The van der Waals surface area contributed by atoms with Gasteiger partial charge in [0.05, 0.1) is 0 Å². The molecule has 2 aromatic rings. The molecule has 0 fully saturated rings. The summed E-state index contributed by atoms with van der Waals surface area (Å²) in [4.78, 5) is 10.9. The van der Waals surface area contributed by atoms with Gasteiger partial charge < -0.3 is 10.8 Å². The Morgan fingerprint density at radius 1 is 1.21 bits per heavy atom. The van der Waals surface area contributed by atoms with Crippen molar-refractivity contribution < 1.29 is 18.7 Å².